The predicted octanol–water partition coefficient (Wildman–Crippen LogP) is 1.42. The second kappa shape index (κ2) is 10.9. The Bertz CT molecular complexity index is 1090. The summed E-state index contributed by atoms with van der Waals surface area (Å²) >= 11 is 0. The van der Waals surface area contributed by atoms with Crippen molar-refractivity contribution < 1.29 is 28.7 Å². The maximum atomic E-state index is 13.6. The predicted molar refractivity (Wildman–Crippen MR) is 129 cm³/mol. The minimum absolute atomic E-state index is 0.179. The molecule has 0 spiro atoms. The number of aromatic nitrogens is 1. The van der Waals surface area contributed by atoms with Gasteiger partial charge in [0.1, 0.15) is 17.7 Å². The molecule has 2 aromatic rings. The zero-order valence-corrected chi connectivity index (χ0v) is 20.6. The summed E-state index contributed by atoms with van der Waals surface area (Å²) in [6.07, 6.45) is 2.78. The molecule has 0 bridgehead atoms. The number of nitrogens with two attached hydrogens (primary N) is 1. The van der Waals surface area contributed by atoms with Crippen molar-refractivity contribution in [3.05, 3.63) is 36.0 Å². The van der Waals surface area contributed by atoms with Crippen molar-refractivity contribution in [2.75, 3.05) is 13.7 Å². The van der Waals surface area contributed by atoms with Gasteiger partial charge in [0.2, 0.25) is 11.8 Å². The average molecular weight is 487 g/mol. The maximum Gasteiger partial charge on any atom is 0.328 e. The van der Waals surface area contributed by atoms with Gasteiger partial charge >= 0.3 is 11.9 Å². The van der Waals surface area contributed by atoms with Crippen LogP contribution in [0.5, 0.6) is 0 Å². The molecule has 0 saturated carbocycles. The molecule has 0 radical (unpaired) electrons. The van der Waals surface area contributed by atoms with Crippen molar-refractivity contribution in [1.29, 1.82) is 0 Å². The van der Waals surface area contributed by atoms with Crippen LogP contribution in [0.4, 0.5) is 0 Å². The number of hydrogen-bond donors (Lipinski definition) is 3. The Morgan fingerprint density at radius 2 is 1.94 bits per heavy atom. The van der Waals surface area contributed by atoms with Gasteiger partial charge in [-0.2, -0.15) is 0 Å². The number of aromatic amines is 1. The molecule has 35 heavy (non-hydrogen) atoms. The number of carbonyl (C=O) groups is 4. The lowest BCUT2D eigenvalue weighted by molar-refractivity contribution is -0.156. The Kier molecular flexibility index (Phi) is 8.16. The summed E-state index contributed by atoms with van der Waals surface area (Å²) < 4.78 is 10.1. The van der Waals surface area contributed by atoms with E-state index in [0.29, 0.717) is 19.4 Å². The third-order valence-electron chi connectivity index (χ3n) is 5.87. The molecule has 3 rings (SSSR count). The smallest absolute Gasteiger partial charge is 0.328 e. The van der Waals surface area contributed by atoms with Crippen LogP contribution in [0.3, 0.4) is 0 Å². The van der Waals surface area contributed by atoms with Crippen molar-refractivity contribution >= 4 is 34.7 Å². The van der Waals surface area contributed by atoms with Crippen LogP contribution in [0.2, 0.25) is 0 Å². The zero-order chi connectivity index (χ0) is 25.8. The first kappa shape index (κ1) is 26.2. The van der Waals surface area contributed by atoms with Gasteiger partial charge in [0.15, 0.2) is 0 Å². The normalized spacial score (nSPS) is 17.6. The molecule has 1 saturated heterocycles. The number of nitrogens with one attached hydrogen (secondary N) is 2. The van der Waals surface area contributed by atoms with E-state index in [-0.39, 0.29) is 12.8 Å². The minimum atomic E-state index is -1.20. The Balaban J connectivity index is 1.80. The number of H-pyrrole nitrogens is 1. The molecule has 10 heteroatoms. The number of methoxy groups -OCH3 is 1. The summed E-state index contributed by atoms with van der Waals surface area (Å²) in [7, 11) is 1.28. The summed E-state index contributed by atoms with van der Waals surface area (Å²) in [4.78, 5) is 55.5. The molecular weight excluding hydrogens is 452 g/mol. The van der Waals surface area contributed by atoms with Crippen LogP contribution >= 0.6 is 0 Å². The van der Waals surface area contributed by atoms with E-state index in [0.717, 1.165) is 16.5 Å². The van der Waals surface area contributed by atoms with E-state index in [9.17, 15) is 19.2 Å². The Hall–Kier alpha value is -3.40. The fourth-order valence-corrected chi connectivity index (χ4v) is 4.27. The number of carbonyl (C=O) groups excluding carboxylic acids is 4. The maximum absolute atomic E-state index is 13.6. The molecule has 1 aromatic carbocycles. The van der Waals surface area contributed by atoms with Gasteiger partial charge in [-0.3, -0.25) is 14.4 Å². The number of rotatable bonds is 8. The highest BCUT2D eigenvalue weighted by atomic mass is 16.6. The van der Waals surface area contributed by atoms with Gasteiger partial charge in [-0.15, -0.1) is 0 Å². The molecular formula is C25H34N4O6. The lowest BCUT2D eigenvalue weighted by Crippen LogP contribution is -2.55. The van der Waals surface area contributed by atoms with E-state index >= 15 is 0 Å². The average Bonchev–Trinajstić information content (AvgIpc) is 3.44. The number of hydrogen-bond acceptors (Lipinski definition) is 7. The number of likely N-dealkylation sites (tertiary alicyclic amines) is 1. The van der Waals surface area contributed by atoms with E-state index < -0.39 is 47.5 Å². The fourth-order valence-electron chi connectivity index (χ4n) is 4.27. The molecule has 4 N–H and O–H groups in total. The van der Waals surface area contributed by atoms with Gasteiger partial charge in [0, 0.05) is 30.1 Å². The number of ether oxygens (including phenoxy) is 2. The Labute approximate surface area is 204 Å². The van der Waals surface area contributed by atoms with Crippen molar-refractivity contribution in [1.82, 2.24) is 15.2 Å². The van der Waals surface area contributed by atoms with E-state index in [1.54, 1.807) is 27.0 Å². The van der Waals surface area contributed by atoms with Crippen LogP contribution in [-0.4, -0.2) is 71.0 Å². The van der Waals surface area contributed by atoms with E-state index in [2.05, 4.69) is 10.3 Å². The first-order valence-electron chi connectivity index (χ1n) is 11.7. The van der Waals surface area contributed by atoms with Crippen molar-refractivity contribution in [3.63, 3.8) is 0 Å². The second-order valence-electron chi connectivity index (χ2n) is 9.73. The van der Waals surface area contributed by atoms with Gasteiger partial charge in [0.05, 0.1) is 19.6 Å². The van der Waals surface area contributed by atoms with Crippen LogP contribution in [0, 0.1) is 0 Å². The number of amides is 2. The minimum Gasteiger partial charge on any atom is -0.467 e. The fraction of sp³-hybridized carbons (Fsp3) is 0.520. The summed E-state index contributed by atoms with van der Waals surface area (Å²) in [6, 6.07) is 4.73. The molecule has 2 heterocycles. The highest BCUT2D eigenvalue weighted by Gasteiger charge is 2.39. The zero-order valence-electron chi connectivity index (χ0n) is 20.6. The summed E-state index contributed by atoms with van der Waals surface area (Å²) in [6.45, 7) is 5.54. The Morgan fingerprint density at radius 1 is 1.23 bits per heavy atom. The largest absolute Gasteiger partial charge is 0.467 e. The molecule has 0 aliphatic carbocycles. The van der Waals surface area contributed by atoms with E-state index in [4.69, 9.17) is 15.2 Å². The molecule has 10 nitrogen and oxygen atoms in total. The van der Waals surface area contributed by atoms with Gasteiger partial charge in [0.25, 0.3) is 0 Å². The molecule has 2 amide bonds. The third-order valence-corrected chi connectivity index (χ3v) is 5.87. The lowest BCUT2D eigenvalue weighted by Gasteiger charge is -2.28. The lowest BCUT2D eigenvalue weighted by atomic mass is 10.0. The number of para-hydroxylation sites is 1. The molecule has 3 unspecified atom stereocenters. The van der Waals surface area contributed by atoms with Crippen LogP contribution in [0.15, 0.2) is 30.5 Å². The monoisotopic (exact) mass is 486 g/mol. The van der Waals surface area contributed by atoms with Crippen molar-refractivity contribution in [3.8, 4) is 0 Å². The number of nitrogens with zero attached hydrogens (tertiary/aromatic N) is 1. The first-order chi connectivity index (χ1) is 16.5. The highest BCUT2D eigenvalue weighted by molar-refractivity contribution is 5.94. The highest BCUT2D eigenvalue weighted by Crippen LogP contribution is 2.23. The first-order valence-corrected chi connectivity index (χ1v) is 11.7. The summed E-state index contributed by atoms with van der Waals surface area (Å²) in [5.74, 6) is -2.15. The van der Waals surface area contributed by atoms with Gasteiger partial charge < -0.3 is 30.4 Å². The van der Waals surface area contributed by atoms with Gasteiger partial charge in [-0.1, -0.05) is 18.2 Å². The van der Waals surface area contributed by atoms with Crippen molar-refractivity contribution in [2.24, 2.45) is 5.73 Å². The summed E-state index contributed by atoms with van der Waals surface area (Å²) in [5.41, 5.74) is 7.00. The SMILES string of the molecule is COC(=O)C1CCCN1C(=O)C(Cc1c[nH]c2ccccc12)NC(=O)C(N)CC(=O)OC(C)(C)C. The molecule has 1 fully saturated rings. The number of esters is 2. The number of benzene rings is 1. The number of fused-ring (bicyclic) bond motifs is 1. The second-order valence-corrected chi connectivity index (χ2v) is 9.73. The Morgan fingerprint density at radius 3 is 2.63 bits per heavy atom. The quantitative estimate of drug-likeness (QED) is 0.479. The third kappa shape index (κ3) is 6.60. The molecule has 3 atom stereocenters. The van der Waals surface area contributed by atoms with Gasteiger partial charge in [-0.05, 0) is 45.2 Å². The standard InChI is InChI=1S/C25H34N4O6/c1-25(2,3)35-21(30)13-17(26)22(31)28-19(12-15-14-27-18-9-6-5-8-16(15)18)23(32)29-11-7-10-20(29)24(33)34-4/h5-6,8-9,14,17,19-20,27H,7,10-13,26H2,1-4H3,(H,28,31). The van der Waals surface area contributed by atoms with Crippen LogP contribution in [-0.2, 0) is 35.1 Å². The van der Waals surface area contributed by atoms with Crippen molar-refractivity contribution in [2.45, 2.75) is 70.2 Å². The topological polar surface area (TPSA) is 144 Å². The van der Waals surface area contributed by atoms with E-state index in [1.165, 1.54) is 12.0 Å². The van der Waals surface area contributed by atoms with E-state index in [1.807, 2.05) is 24.3 Å². The molecule has 1 aliphatic rings. The molecule has 190 valence electrons. The summed E-state index contributed by atoms with van der Waals surface area (Å²) in [5, 5.41) is 3.63. The molecule has 1 aromatic heterocycles. The molecule has 1 aliphatic heterocycles. The van der Waals surface area contributed by atoms with Gasteiger partial charge in [-0.25, -0.2) is 4.79 Å². The van der Waals surface area contributed by atoms with Crippen LogP contribution in [0.25, 0.3) is 10.9 Å². The van der Waals surface area contributed by atoms with Crippen LogP contribution in [0.1, 0.15) is 45.6 Å². The van der Waals surface area contributed by atoms with Crippen LogP contribution < -0.4 is 11.1 Å².